The average Bonchev–Trinajstić information content (AvgIpc) is 3.36. The van der Waals surface area contributed by atoms with Crippen LogP contribution in [0.5, 0.6) is 17.2 Å². The lowest BCUT2D eigenvalue weighted by molar-refractivity contribution is -0.120. The van der Waals surface area contributed by atoms with E-state index in [0.717, 1.165) is 16.0 Å². The smallest absolute Gasteiger partial charge is 0.282 e. The maximum absolute atomic E-state index is 13.7. The lowest BCUT2D eigenvalue weighted by Gasteiger charge is -2.19. The Hall–Kier alpha value is -4.26. The van der Waals surface area contributed by atoms with Crippen LogP contribution >= 0.6 is 0 Å². The third-order valence-electron chi connectivity index (χ3n) is 5.64. The van der Waals surface area contributed by atoms with Gasteiger partial charge in [0.2, 0.25) is 6.79 Å². The summed E-state index contributed by atoms with van der Waals surface area (Å²) >= 11 is 0. The summed E-state index contributed by atoms with van der Waals surface area (Å²) in [5, 5.41) is 3.16. The number of hydrogen-bond donors (Lipinski definition) is 1. The van der Waals surface area contributed by atoms with Gasteiger partial charge in [0.05, 0.1) is 18.4 Å². The number of carbonyl (C=O) groups is 2. The SMILES string of the molecule is COc1ccc(C)cc1N1C(=O)C(Nc2ccc3c(c2)OCO3)=C(c2ccc(C)cc2)C1=O. The summed E-state index contributed by atoms with van der Waals surface area (Å²) in [6.45, 7) is 4.01. The molecule has 0 unspecified atom stereocenters. The number of aryl methyl sites for hydroxylation is 2. The second kappa shape index (κ2) is 8.02. The molecule has 5 rings (SSSR count). The van der Waals surface area contributed by atoms with Gasteiger partial charge in [-0.2, -0.15) is 0 Å². The zero-order chi connectivity index (χ0) is 23.1. The van der Waals surface area contributed by atoms with Crippen molar-refractivity contribution in [2.45, 2.75) is 13.8 Å². The molecule has 0 fully saturated rings. The van der Waals surface area contributed by atoms with Crippen molar-refractivity contribution in [3.05, 3.63) is 83.1 Å². The van der Waals surface area contributed by atoms with Crippen LogP contribution in [0.1, 0.15) is 16.7 Å². The van der Waals surface area contributed by atoms with Crippen molar-refractivity contribution in [1.29, 1.82) is 0 Å². The highest BCUT2D eigenvalue weighted by atomic mass is 16.7. The molecule has 1 N–H and O–H groups in total. The number of amides is 2. The van der Waals surface area contributed by atoms with Crippen LogP contribution in [-0.4, -0.2) is 25.7 Å². The number of methoxy groups -OCH3 is 1. The molecule has 0 radical (unpaired) electrons. The first-order chi connectivity index (χ1) is 16.0. The fraction of sp³-hybridized carbons (Fsp3) is 0.154. The Morgan fingerprint density at radius 3 is 2.33 bits per heavy atom. The minimum absolute atomic E-state index is 0.147. The average molecular weight is 442 g/mol. The Morgan fingerprint density at radius 2 is 1.58 bits per heavy atom. The van der Waals surface area contributed by atoms with Gasteiger partial charge in [-0.1, -0.05) is 35.9 Å². The van der Waals surface area contributed by atoms with E-state index in [1.807, 2.05) is 44.2 Å². The molecule has 0 spiro atoms. The van der Waals surface area contributed by atoms with E-state index in [1.54, 1.807) is 30.3 Å². The van der Waals surface area contributed by atoms with Gasteiger partial charge in [0.25, 0.3) is 11.8 Å². The standard InChI is InChI=1S/C26H22N2O5/c1-15-4-7-17(8-5-15)23-24(27-18-9-11-21-22(13-18)33-14-32-21)26(30)28(25(23)29)19-12-16(2)6-10-20(19)31-3/h4-13,27H,14H2,1-3H3. The van der Waals surface area contributed by atoms with E-state index < -0.39 is 11.8 Å². The molecule has 7 heteroatoms. The number of benzene rings is 3. The predicted molar refractivity (Wildman–Crippen MR) is 125 cm³/mol. The number of nitrogens with one attached hydrogen (secondary N) is 1. The topological polar surface area (TPSA) is 77.1 Å². The van der Waals surface area contributed by atoms with E-state index >= 15 is 0 Å². The molecule has 166 valence electrons. The quantitative estimate of drug-likeness (QED) is 0.589. The van der Waals surface area contributed by atoms with E-state index in [4.69, 9.17) is 14.2 Å². The van der Waals surface area contributed by atoms with Crippen LogP contribution in [-0.2, 0) is 9.59 Å². The third-order valence-corrected chi connectivity index (χ3v) is 5.64. The molecule has 3 aromatic carbocycles. The fourth-order valence-electron chi connectivity index (χ4n) is 3.95. The Morgan fingerprint density at radius 1 is 0.848 bits per heavy atom. The highest BCUT2D eigenvalue weighted by Gasteiger charge is 2.41. The molecule has 0 aromatic heterocycles. The largest absolute Gasteiger partial charge is 0.495 e. The first-order valence-corrected chi connectivity index (χ1v) is 10.5. The van der Waals surface area contributed by atoms with Crippen LogP contribution in [0.2, 0.25) is 0 Å². The first-order valence-electron chi connectivity index (χ1n) is 10.5. The Bertz CT molecular complexity index is 1310. The van der Waals surface area contributed by atoms with Gasteiger partial charge in [-0.15, -0.1) is 0 Å². The summed E-state index contributed by atoms with van der Waals surface area (Å²) in [7, 11) is 1.51. The van der Waals surface area contributed by atoms with Crippen molar-refractivity contribution in [1.82, 2.24) is 0 Å². The van der Waals surface area contributed by atoms with Gasteiger partial charge in [0.1, 0.15) is 11.4 Å². The van der Waals surface area contributed by atoms with Gasteiger partial charge in [-0.25, -0.2) is 4.90 Å². The van der Waals surface area contributed by atoms with Crippen molar-refractivity contribution >= 4 is 28.8 Å². The molecular weight excluding hydrogens is 420 g/mol. The van der Waals surface area contributed by atoms with E-state index in [2.05, 4.69) is 5.32 Å². The van der Waals surface area contributed by atoms with Gasteiger partial charge in [-0.3, -0.25) is 9.59 Å². The Balaban J connectivity index is 1.62. The molecule has 3 aromatic rings. The zero-order valence-corrected chi connectivity index (χ0v) is 18.5. The van der Waals surface area contributed by atoms with E-state index in [-0.39, 0.29) is 12.5 Å². The molecule has 2 aliphatic heterocycles. The number of imide groups is 1. The second-order valence-electron chi connectivity index (χ2n) is 7.93. The van der Waals surface area contributed by atoms with Gasteiger partial charge < -0.3 is 19.5 Å². The highest BCUT2D eigenvalue weighted by Crippen LogP contribution is 2.40. The highest BCUT2D eigenvalue weighted by molar-refractivity contribution is 6.46. The zero-order valence-electron chi connectivity index (χ0n) is 18.5. The maximum Gasteiger partial charge on any atom is 0.282 e. The number of fused-ring (bicyclic) bond motifs is 1. The van der Waals surface area contributed by atoms with Crippen molar-refractivity contribution in [3.63, 3.8) is 0 Å². The number of nitrogens with zero attached hydrogens (tertiary/aromatic N) is 1. The van der Waals surface area contributed by atoms with Gasteiger partial charge in [0, 0.05) is 11.8 Å². The monoisotopic (exact) mass is 442 g/mol. The summed E-state index contributed by atoms with van der Waals surface area (Å²) in [6, 6.07) is 18.2. The number of anilines is 2. The van der Waals surface area contributed by atoms with Gasteiger partial charge >= 0.3 is 0 Å². The lowest BCUT2D eigenvalue weighted by Crippen LogP contribution is -2.32. The van der Waals surface area contributed by atoms with Crippen LogP contribution in [0.15, 0.2) is 66.4 Å². The fourth-order valence-corrected chi connectivity index (χ4v) is 3.95. The third kappa shape index (κ3) is 3.57. The van der Waals surface area contributed by atoms with Crippen LogP contribution in [0.4, 0.5) is 11.4 Å². The molecule has 0 aliphatic carbocycles. The molecule has 0 saturated carbocycles. The van der Waals surface area contributed by atoms with Crippen molar-refractivity contribution in [3.8, 4) is 17.2 Å². The Kier molecular flexibility index (Phi) is 5.01. The molecule has 7 nitrogen and oxygen atoms in total. The minimum atomic E-state index is -0.461. The van der Waals surface area contributed by atoms with E-state index in [1.165, 1.54) is 7.11 Å². The lowest BCUT2D eigenvalue weighted by atomic mass is 10.0. The summed E-state index contributed by atoms with van der Waals surface area (Å²) < 4.78 is 16.3. The Labute approximate surface area is 191 Å². The number of rotatable bonds is 5. The number of carbonyl (C=O) groups excluding carboxylic acids is 2. The molecule has 33 heavy (non-hydrogen) atoms. The summed E-state index contributed by atoms with van der Waals surface area (Å²) in [6.07, 6.45) is 0. The van der Waals surface area contributed by atoms with Crippen molar-refractivity contribution < 1.29 is 23.8 Å². The summed E-state index contributed by atoms with van der Waals surface area (Å²) in [5.41, 5.74) is 4.10. The number of ether oxygens (including phenoxy) is 3. The molecule has 2 aliphatic rings. The van der Waals surface area contributed by atoms with Gasteiger partial charge in [-0.05, 0) is 49.2 Å². The number of hydrogen-bond acceptors (Lipinski definition) is 6. The van der Waals surface area contributed by atoms with Crippen molar-refractivity contribution in [2.75, 3.05) is 24.1 Å². The van der Waals surface area contributed by atoms with Gasteiger partial charge in [0.15, 0.2) is 11.5 Å². The van der Waals surface area contributed by atoms with Crippen LogP contribution in [0.3, 0.4) is 0 Å². The van der Waals surface area contributed by atoms with Crippen molar-refractivity contribution in [2.24, 2.45) is 0 Å². The summed E-state index contributed by atoms with van der Waals surface area (Å²) in [5.74, 6) is 0.766. The van der Waals surface area contributed by atoms with Crippen LogP contribution in [0.25, 0.3) is 5.57 Å². The maximum atomic E-state index is 13.7. The normalized spacial score (nSPS) is 14.8. The van der Waals surface area contributed by atoms with Crippen LogP contribution < -0.4 is 24.4 Å². The molecule has 0 atom stereocenters. The summed E-state index contributed by atoms with van der Waals surface area (Å²) in [4.78, 5) is 28.5. The van der Waals surface area contributed by atoms with E-state index in [0.29, 0.717) is 39.8 Å². The first kappa shape index (κ1) is 20.6. The van der Waals surface area contributed by atoms with E-state index in [9.17, 15) is 9.59 Å². The second-order valence-corrected chi connectivity index (χ2v) is 7.93. The van der Waals surface area contributed by atoms with Crippen LogP contribution in [0, 0.1) is 13.8 Å². The molecule has 0 bridgehead atoms. The molecule has 0 saturated heterocycles. The predicted octanol–water partition coefficient (Wildman–Crippen LogP) is 4.44. The molecule has 2 heterocycles. The minimum Gasteiger partial charge on any atom is -0.495 e. The molecular formula is C26H22N2O5. The molecule has 2 amide bonds.